The molecule has 2 rings (SSSR count). The van der Waals surface area contributed by atoms with Gasteiger partial charge in [-0.2, -0.15) is 13.2 Å². The molecule has 37 heavy (non-hydrogen) atoms. The molecule has 0 aliphatic rings. The van der Waals surface area contributed by atoms with Crippen molar-refractivity contribution in [1.29, 1.82) is 0 Å². The summed E-state index contributed by atoms with van der Waals surface area (Å²) in [7, 11) is 0. The van der Waals surface area contributed by atoms with Gasteiger partial charge in [0.25, 0.3) is 0 Å². The van der Waals surface area contributed by atoms with Crippen molar-refractivity contribution in [3.8, 4) is 0 Å². The van der Waals surface area contributed by atoms with Crippen LogP contribution < -0.4 is 21.7 Å². The number of nitrogens with two attached hydrogens (primary N) is 1. The second-order valence-electron chi connectivity index (χ2n) is 8.13. The first-order chi connectivity index (χ1) is 17.5. The smallest absolute Gasteiger partial charge is 0.416 e. The lowest BCUT2D eigenvalue weighted by Gasteiger charge is -2.15. The van der Waals surface area contributed by atoms with Crippen LogP contribution in [0.15, 0.2) is 54.6 Å². The number of hydrogen-bond donors (Lipinski definition) is 4. The van der Waals surface area contributed by atoms with Crippen molar-refractivity contribution >= 4 is 29.5 Å². The Bertz CT molecular complexity index is 1050. The highest BCUT2D eigenvalue weighted by molar-refractivity contribution is 5.93. The molecule has 2 aromatic carbocycles. The van der Waals surface area contributed by atoms with E-state index in [-0.39, 0.29) is 44.0 Å². The minimum Gasteiger partial charge on any atom is -0.445 e. The number of carbonyl (C=O) groups is 4. The lowest BCUT2D eigenvalue weighted by Crippen LogP contribution is -2.44. The molecule has 0 saturated heterocycles. The fraction of sp³-hybridized carbons (Fsp3) is 0.360. The van der Waals surface area contributed by atoms with Crippen LogP contribution >= 0.6 is 0 Å². The van der Waals surface area contributed by atoms with Gasteiger partial charge in [0.2, 0.25) is 17.7 Å². The lowest BCUT2D eigenvalue weighted by atomic mass is 10.1. The highest BCUT2D eigenvalue weighted by Gasteiger charge is 2.30. The van der Waals surface area contributed by atoms with E-state index in [1.165, 1.54) is 0 Å². The Morgan fingerprint density at radius 1 is 0.892 bits per heavy atom. The Hall–Kier alpha value is -4.09. The van der Waals surface area contributed by atoms with E-state index in [2.05, 4.69) is 16.0 Å². The summed E-state index contributed by atoms with van der Waals surface area (Å²) in [5.74, 6) is -1.60. The van der Waals surface area contributed by atoms with E-state index < -0.39 is 35.7 Å². The van der Waals surface area contributed by atoms with Gasteiger partial charge in [-0.1, -0.05) is 30.3 Å². The van der Waals surface area contributed by atoms with Crippen molar-refractivity contribution in [2.45, 2.75) is 50.9 Å². The monoisotopic (exact) mass is 522 g/mol. The summed E-state index contributed by atoms with van der Waals surface area (Å²) in [6, 6.07) is 12.1. The van der Waals surface area contributed by atoms with Crippen LogP contribution in [0.4, 0.5) is 23.7 Å². The third kappa shape index (κ3) is 11.5. The molecule has 200 valence electrons. The highest BCUT2D eigenvalue weighted by Crippen LogP contribution is 2.29. The predicted octanol–water partition coefficient (Wildman–Crippen LogP) is 3.49. The number of unbranched alkanes of at least 4 members (excludes halogenated alkanes) is 1. The molecular formula is C25H29F3N4O5. The van der Waals surface area contributed by atoms with Gasteiger partial charge in [0, 0.05) is 25.1 Å². The van der Waals surface area contributed by atoms with E-state index in [9.17, 15) is 32.3 Å². The van der Waals surface area contributed by atoms with Crippen LogP contribution in [-0.2, 0) is 31.9 Å². The molecule has 9 nitrogen and oxygen atoms in total. The Morgan fingerprint density at radius 2 is 1.54 bits per heavy atom. The largest absolute Gasteiger partial charge is 0.445 e. The molecule has 2 aromatic rings. The number of carbonyl (C=O) groups excluding carboxylic acids is 4. The van der Waals surface area contributed by atoms with Crippen LogP contribution in [-0.4, -0.2) is 36.4 Å². The van der Waals surface area contributed by atoms with Crippen LogP contribution in [0.2, 0.25) is 0 Å². The topological polar surface area (TPSA) is 140 Å². The second-order valence-corrected chi connectivity index (χ2v) is 8.13. The van der Waals surface area contributed by atoms with Gasteiger partial charge in [-0.05, 0) is 49.1 Å². The maximum Gasteiger partial charge on any atom is 0.416 e. The zero-order valence-corrected chi connectivity index (χ0v) is 20.0. The molecule has 0 aromatic heterocycles. The molecule has 5 N–H and O–H groups in total. The summed E-state index contributed by atoms with van der Waals surface area (Å²) < 4.78 is 42.8. The highest BCUT2D eigenvalue weighted by atomic mass is 19.4. The average molecular weight is 523 g/mol. The molecule has 0 saturated carbocycles. The fourth-order valence-electron chi connectivity index (χ4n) is 3.18. The van der Waals surface area contributed by atoms with Gasteiger partial charge in [-0.3, -0.25) is 14.4 Å². The number of anilines is 1. The molecule has 0 radical (unpaired) electrons. The van der Waals surface area contributed by atoms with E-state index in [1.54, 1.807) is 24.3 Å². The molecule has 0 spiro atoms. The molecule has 0 aliphatic carbocycles. The number of primary amides is 1. The van der Waals surface area contributed by atoms with Crippen molar-refractivity contribution < 1.29 is 37.1 Å². The number of nitrogens with one attached hydrogen (secondary N) is 3. The van der Waals surface area contributed by atoms with Crippen molar-refractivity contribution in [2.75, 3.05) is 11.9 Å². The van der Waals surface area contributed by atoms with Gasteiger partial charge in [-0.25, -0.2) is 4.79 Å². The Labute approximate surface area is 211 Å². The summed E-state index contributed by atoms with van der Waals surface area (Å²) in [6.07, 6.45) is -4.27. The number of rotatable bonds is 13. The SMILES string of the molecule is NC(=O)[C@H](CCCCNC(=O)CCC(=O)Nc1ccc(C(F)(F)F)cc1)NC(=O)OCc1ccccc1. The van der Waals surface area contributed by atoms with Crippen molar-refractivity contribution in [3.05, 3.63) is 65.7 Å². The van der Waals surface area contributed by atoms with Gasteiger partial charge in [0.15, 0.2) is 0 Å². The molecule has 1 atom stereocenters. The number of alkyl carbamates (subject to hydrolysis) is 1. The zero-order valence-electron chi connectivity index (χ0n) is 20.0. The van der Waals surface area contributed by atoms with E-state index in [1.807, 2.05) is 6.07 Å². The van der Waals surface area contributed by atoms with Crippen molar-refractivity contribution in [1.82, 2.24) is 10.6 Å². The van der Waals surface area contributed by atoms with Crippen LogP contribution in [0.1, 0.15) is 43.2 Å². The number of ether oxygens (including phenoxy) is 1. The fourth-order valence-corrected chi connectivity index (χ4v) is 3.18. The second kappa shape index (κ2) is 14.5. The molecule has 0 unspecified atom stereocenters. The minimum absolute atomic E-state index is 0.0482. The lowest BCUT2D eigenvalue weighted by molar-refractivity contribution is -0.137. The maximum absolute atomic E-state index is 12.6. The molecule has 0 heterocycles. The molecule has 0 bridgehead atoms. The quantitative estimate of drug-likeness (QED) is 0.298. The van der Waals surface area contributed by atoms with Gasteiger partial charge in [0.05, 0.1) is 5.56 Å². The van der Waals surface area contributed by atoms with Gasteiger partial charge in [-0.15, -0.1) is 0 Å². The van der Waals surface area contributed by atoms with Gasteiger partial charge < -0.3 is 26.4 Å². The Morgan fingerprint density at radius 3 is 2.16 bits per heavy atom. The first-order valence-electron chi connectivity index (χ1n) is 11.5. The van der Waals surface area contributed by atoms with Gasteiger partial charge >= 0.3 is 12.3 Å². The number of benzene rings is 2. The van der Waals surface area contributed by atoms with Crippen LogP contribution in [0.5, 0.6) is 0 Å². The summed E-state index contributed by atoms with van der Waals surface area (Å²) >= 11 is 0. The predicted molar refractivity (Wildman–Crippen MR) is 129 cm³/mol. The molecule has 0 aliphatic heterocycles. The summed E-state index contributed by atoms with van der Waals surface area (Å²) in [5.41, 5.74) is 5.50. The summed E-state index contributed by atoms with van der Waals surface area (Å²) in [6.45, 7) is 0.329. The first-order valence-corrected chi connectivity index (χ1v) is 11.5. The van der Waals surface area contributed by atoms with Crippen molar-refractivity contribution in [3.63, 3.8) is 0 Å². The third-order valence-electron chi connectivity index (χ3n) is 5.17. The van der Waals surface area contributed by atoms with E-state index in [0.717, 1.165) is 29.8 Å². The normalized spacial score (nSPS) is 11.8. The first kappa shape index (κ1) is 29.1. The standard InChI is InChI=1S/C25H29F3N4O5/c26-25(27,28)18-9-11-19(12-10-18)31-22(34)14-13-21(33)30-15-5-4-8-20(23(29)35)32-24(36)37-16-17-6-2-1-3-7-17/h1-3,6-7,9-12,20H,4-5,8,13-16H2,(H2,29,35)(H,30,33)(H,31,34)(H,32,36)/t20-/m0/s1. The zero-order chi connectivity index (χ0) is 27.3. The Balaban J connectivity index is 1.60. The third-order valence-corrected chi connectivity index (χ3v) is 5.17. The number of halogens is 3. The number of amides is 4. The minimum atomic E-state index is -4.47. The molecular weight excluding hydrogens is 493 g/mol. The summed E-state index contributed by atoms with van der Waals surface area (Å²) in [5, 5.41) is 7.50. The van der Waals surface area contributed by atoms with E-state index in [0.29, 0.717) is 12.8 Å². The summed E-state index contributed by atoms with van der Waals surface area (Å²) in [4.78, 5) is 47.4. The van der Waals surface area contributed by atoms with Gasteiger partial charge in [0.1, 0.15) is 12.6 Å². The van der Waals surface area contributed by atoms with Crippen molar-refractivity contribution in [2.24, 2.45) is 5.73 Å². The number of alkyl halides is 3. The van der Waals surface area contributed by atoms with Crippen LogP contribution in [0.25, 0.3) is 0 Å². The molecule has 0 fully saturated rings. The average Bonchev–Trinajstić information content (AvgIpc) is 2.85. The maximum atomic E-state index is 12.6. The Kier molecular flexibility index (Phi) is 11.4. The van der Waals surface area contributed by atoms with Crippen LogP contribution in [0, 0.1) is 0 Å². The van der Waals surface area contributed by atoms with E-state index >= 15 is 0 Å². The number of hydrogen-bond acceptors (Lipinski definition) is 5. The molecule has 12 heteroatoms. The van der Waals surface area contributed by atoms with Crippen LogP contribution in [0.3, 0.4) is 0 Å². The molecule has 4 amide bonds. The van der Waals surface area contributed by atoms with E-state index in [4.69, 9.17) is 10.5 Å².